The summed E-state index contributed by atoms with van der Waals surface area (Å²) in [6.45, 7) is 3.75. The zero-order chi connectivity index (χ0) is 20.1. The number of halogens is 1. The number of primary sulfonamides is 1. The molecule has 3 N–H and O–H groups in total. The van der Waals surface area contributed by atoms with E-state index < -0.39 is 10.0 Å². The first-order valence-corrected chi connectivity index (χ1v) is 10.9. The molecule has 1 aliphatic rings. The molecule has 1 saturated heterocycles. The monoisotopic (exact) mass is 421 g/mol. The molecule has 1 fully saturated rings. The Balaban J connectivity index is 1.59. The second-order valence-electron chi connectivity index (χ2n) is 6.52. The van der Waals surface area contributed by atoms with Crippen molar-refractivity contribution in [3.8, 4) is 0 Å². The Kier molecular flexibility index (Phi) is 6.43. The van der Waals surface area contributed by atoms with Gasteiger partial charge in [-0.15, -0.1) is 0 Å². The number of rotatable bonds is 4. The van der Waals surface area contributed by atoms with Crippen LogP contribution >= 0.6 is 11.6 Å². The van der Waals surface area contributed by atoms with Crippen molar-refractivity contribution in [2.24, 2.45) is 10.1 Å². The fraction of sp³-hybridized carbons (Fsp3) is 0.316. The highest BCUT2D eigenvalue weighted by Crippen LogP contribution is 2.26. The molecule has 9 heteroatoms. The van der Waals surface area contributed by atoms with Crippen molar-refractivity contribution < 1.29 is 8.42 Å². The van der Waals surface area contributed by atoms with E-state index in [2.05, 4.69) is 20.1 Å². The fourth-order valence-electron chi connectivity index (χ4n) is 3.21. The summed E-state index contributed by atoms with van der Waals surface area (Å²) in [5.74, 6) is 0.778. The molecule has 2 aromatic rings. The van der Waals surface area contributed by atoms with E-state index in [0.717, 1.165) is 48.4 Å². The van der Waals surface area contributed by atoms with E-state index >= 15 is 0 Å². The maximum absolute atomic E-state index is 11.5. The Morgan fingerprint density at radius 3 is 2.50 bits per heavy atom. The van der Waals surface area contributed by atoms with Gasteiger partial charge >= 0.3 is 0 Å². The first kappa shape index (κ1) is 20.4. The lowest BCUT2D eigenvalue weighted by Gasteiger charge is -2.38. The topological polar surface area (TPSA) is 91.0 Å². The maximum Gasteiger partial charge on any atom is 0.238 e. The summed E-state index contributed by atoms with van der Waals surface area (Å²) < 4.78 is 23.0. The lowest BCUT2D eigenvalue weighted by molar-refractivity contribution is 0.372. The van der Waals surface area contributed by atoms with E-state index in [9.17, 15) is 8.42 Å². The molecule has 0 unspecified atom stereocenters. The van der Waals surface area contributed by atoms with Crippen molar-refractivity contribution in [2.45, 2.75) is 11.4 Å². The average Bonchev–Trinajstić information content (AvgIpc) is 2.69. The number of benzene rings is 2. The van der Waals surface area contributed by atoms with Crippen LogP contribution in [0.25, 0.3) is 0 Å². The molecule has 7 nitrogen and oxygen atoms in total. The molecule has 0 bridgehead atoms. The van der Waals surface area contributed by atoms with Crippen LogP contribution < -0.4 is 15.4 Å². The van der Waals surface area contributed by atoms with Gasteiger partial charge in [0.05, 0.1) is 15.6 Å². The molecule has 0 radical (unpaired) electrons. The number of aliphatic imine (C=N–C) groups is 1. The molecule has 0 atom stereocenters. The lowest BCUT2D eigenvalue weighted by Crippen LogP contribution is -2.52. The van der Waals surface area contributed by atoms with Crippen LogP contribution in [0.2, 0.25) is 5.02 Å². The lowest BCUT2D eigenvalue weighted by atomic mass is 10.2. The minimum atomic E-state index is -3.71. The normalized spacial score (nSPS) is 15.6. The number of nitrogens with two attached hydrogens (primary N) is 1. The molecule has 1 heterocycles. The molecule has 3 rings (SSSR count). The molecule has 0 aromatic heterocycles. The third-order valence-corrected chi connectivity index (χ3v) is 5.89. The smallest absolute Gasteiger partial charge is 0.238 e. The van der Waals surface area contributed by atoms with E-state index in [1.54, 1.807) is 19.2 Å². The van der Waals surface area contributed by atoms with Crippen molar-refractivity contribution in [3.63, 3.8) is 0 Å². The van der Waals surface area contributed by atoms with Crippen LogP contribution in [0.4, 0.5) is 5.69 Å². The van der Waals surface area contributed by atoms with E-state index in [0.29, 0.717) is 6.54 Å². The quantitative estimate of drug-likeness (QED) is 0.581. The van der Waals surface area contributed by atoms with E-state index in [1.165, 1.54) is 6.07 Å². The summed E-state index contributed by atoms with van der Waals surface area (Å²) in [5.41, 5.74) is 1.87. The van der Waals surface area contributed by atoms with Crippen molar-refractivity contribution in [1.82, 2.24) is 10.2 Å². The van der Waals surface area contributed by atoms with Crippen LogP contribution in [0.15, 0.2) is 58.4 Å². The standard InChI is InChI=1S/C19H24ClN5O2S/c1-22-19(23-14-15-5-4-6-16(13-15)28(21,26)27)25-11-9-24(10-12-25)18-8-3-2-7-17(18)20/h2-8,13H,9-12,14H2,1H3,(H,22,23)(H2,21,26,27). The Labute approximate surface area is 170 Å². The molecule has 150 valence electrons. The van der Waals surface area contributed by atoms with Gasteiger partial charge in [-0.25, -0.2) is 13.6 Å². The highest BCUT2D eigenvalue weighted by Gasteiger charge is 2.21. The molecule has 2 aromatic carbocycles. The number of para-hydroxylation sites is 1. The van der Waals surface area contributed by atoms with Gasteiger partial charge in [-0.1, -0.05) is 35.9 Å². The number of nitrogens with one attached hydrogen (secondary N) is 1. The number of anilines is 1. The highest BCUT2D eigenvalue weighted by molar-refractivity contribution is 7.89. The first-order chi connectivity index (χ1) is 13.4. The highest BCUT2D eigenvalue weighted by atomic mass is 35.5. The first-order valence-electron chi connectivity index (χ1n) is 8.95. The van der Waals surface area contributed by atoms with Gasteiger partial charge in [0.15, 0.2) is 5.96 Å². The summed E-state index contributed by atoms with van der Waals surface area (Å²) in [4.78, 5) is 8.91. The predicted molar refractivity (Wildman–Crippen MR) is 113 cm³/mol. The molecule has 0 amide bonds. The second kappa shape index (κ2) is 8.81. The van der Waals surface area contributed by atoms with Gasteiger partial charge in [-0.05, 0) is 29.8 Å². The SMILES string of the molecule is CN=C(NCc1cccc(S(N)(=O)=O)c1)N1CCN(c2ccccc2Cl)CC1. The summed E-state index contributed by atoms with van der Waals surface area (Å²) in [7, 11) is -1.97. The summed E-state index contributed by atoms with van der Waals surface area (Å²) in [5, 5.41) is 9.26. The van der Waals surface area contributed by atoms with Gasteiger partial charge < -0.3 is 15.1 Å². The Bertz CT molecular complexity index is 956. The van der Waals surface area contributed by atoms with Gasteiger partial charge in [0.25, 0.3) is 0 Å². The molecular weight excluding hydrogens is 398 g/mol. The number of hydrogen-bond donors (Lipinski definition) is 2. The van der Waals surface area contributed by atoms with E-state index in [1.807, 2.05) is 30.3 Å². The zero-order valence-electron chi connectivity index (χ0n) is 15.7. The van der Waals surface area contributed by atoms with Crippen molar-refractivity contribution in [3.05, 3.63) is 59.1 Å². The number of guanidine groups is 1. The molecule has 0 aliphatic carbocycles. The van der Waals surface area contributed by atoms with Gasteiger partial charge in [0.1, 0.15) is 0 Å². The maximum atomic E-state index is 11.5. The summed E-state index contributed by atoms with van der Waals surface area (Å²) in [6, 6.07) is 14.4. The minimum Gasteiger partial charge on any atom is -0.367 e. The predicted octanol–water partition coefficient (Wildman–Crippen LogP) is 1.89. The fourth-order valence-corrected chi connectivity index (χ4v) is 4.05. The molecule has 1 aliphatic heterocycles. The van der Waals surface area contributed by atoms with Crippen LogP contribution in [0.5, 0.6) is 0 Å². The molecule has 0 spiro atoms. The molecular formula is C19H24ClN5O2S. The summed E-state index contributed by atoms with van der Waals surface area (Å²) >= 11 is 6.30. The molecule has 0 saturated carbocycles. The Hall–Kier alpha value is -2.29. The number of nitrogens with zero attached hydrogens (tertiary/aromatic N) is 3. The van der Waals surface area contributed by atoms with E-state index in [-0.39, 0.29) is 4.90 Å². The van der Waals surface area contributed by atoms with Crippen LogP contribution in [0, 0.1) is 0 Å². The van der Waals surface area contributed by atoms with Gasteiger partial charge in [-0.3, -0.25) is 4.99 Å². The van der Waals surface area contributed by atoms with Crippen molar-refractivity contribution in [1.29, 1.82) is 0 Å². The largest absolute Gasteiger partial charge is 0.367 e. The van der Waals surface area contributed by atoms with E-state index in [4.69, 9.17) is 16.7 Å². The van der Waals surface area contributed by atoms with Crippen molar-refractivity contribution >= 4 is 33.3 Å². The third kappa shape index (κ3) is 4.95. The van der Waals surface area contributed by atoms with Crippen LogP contribution in [-0.4, -0.2) is 52.5 Å². The van der Waals surface area contributed by atoms with Gasteiger partial charge in [-0.2, -0.15) is 0 Å². The number of piperazine rings is 1. The average molecular weight is 422 g/mol. The van der Waals surface area contributed by atoms with Gasteiger partial charge in [0.2, 0.25) is 10.0 Å². The van der Waals surface area contributed by atoms with Crippen LogP contribution in [0.3, 0.4) is 0 Å². The summed E-state index contributed by atoms with van der Waals surface area (Å²) in [6.07, 6.45) is 0. The third-order valence-electron chi connectivity index (χ3n) is 4.66. The van der Waals surface area contributed by atoms with Crippen LogP contribution in [0.1, 0.15) is 5.56 Å². The molecule has 28 heavy (non-hydrogen) atoms. The van der Waals surface area contributed by atoms with Crippen molar-refractivity contribution in [2.75, 3.05) is 38.1 Å². The Morgan fingerprint density at radius 2 is 1.86 bits per heavy atom. The zero-order valence-corrected chi connectivity index (χ0v) is 17.2. The second-order valence-corrected chi connectivity index (χ2v) is 8.49. The Morgan fingerprint density at radius 1 is 1.14 bits per heavy atom. The minimum absolute atomic E-state index is 0.107. The number of sulfonamides is 1. The van der Waals surface area contributed by atoms with Gasteiger partial charge in [0, 0.05) is 39.8 Å². The van der Waals surface area contributed by atoms with Crippen LogP contribution in [-0.2, 0) is 16.6 Å². The number of hydrogen-bond acceptors (Lipinski definition) is 4.